The molecule has 0 aliphatic carbocycles. The number of hydrogen-bond donors (Lipinski definition) is 2. The number of carbonyl (C=O) groups is 1. The van der Waals surface area contributed by atoms with Crippen molar-refractivity contribution in [3.05, 3.63) is 58.1 Å². The number of carbonyl (C=O) groups excluding carboxylic acids is 1. The van der Waals surface area contributed by atoms with Gasteiger partial charge in [-0.25, -0.2) is 0 Å². The third-order valence-corrected chi connectivity index (χ3v) is 5.37. The van der Waals surface area contributed by atoms with Gasteiger partial charge in [-0.05, 0) is 41.8 Å². The lowest BCUT2D eigenvalue weighted by Crippen LogP contribution is -2.46. The number of halogens is 2. The molecule has 1 heterocycles. The van der Waals surface area contributed by atoms with Crippen LogP contribution in [0.5, 0.6) is 11.5 Å². The van der Waals surface area contributed by atoms with Gasteiger partial charge >= 0.3 is 0 Å². The summed E-state index contributed by atoms with van der Waals surface area (Å²) in [6.45, 7) is 2.58. The van der Waals surface area contributed by atoms with Crippen molar-refractivity contribution in [2.75, 3.05) is 40.9 Å². The molecule has 1 aliphatic heterocycles. The predicted octanol–water partition coefficient (Wildman–Crippen LogP) is 3.34. The quantitative estimate of drug-likeness (QED) is 0.246. The molecule has 31 heavy (non-hydrogen) atoms. The van der Waals surface area contributed by atoms with Gasteiger partial charge in [0.25, 0.3) is 5.91 Å². The highest BCUT2D eigenvalue weighted by molar-refractivity contribution is 14.0. The Morgan fingerprint density at radius 1 is 1.10 bits per heavy atom. The molecule has 0 unspecified atom stereocenters. The summed E-state index contributed by atoms with van der Waals surface area (Å²) in [6.07, 6.45) is 0.889. The zero-order chi connectivity index (χ0) is 21.5. The second-order valence-electron chi connectivity index (χ2n) is 6.86. The Bertz CT molecular complexity index is 939. The van der Waals surface area contributed by atoms with E-state index in [1.165, 1.54) is 11.1 Å². The zero-order valence-corrected chi connectivity index (χ0v) is 21.0. The number of benzene rings is 2. The summed E-state index contributed by atoms with van der Waals surface area (Å²) < 4.78 is 10.8. The Hall–Kier alpha value is -2.20. The van der Waals surface area contributed by atoms with Gasteiger partial charge < -0.3 is 25.0 Å². The van der Waals surface area contributed by atoms with E-state index in [1.54, 1.807) is 45.5 Å². The SMILES string of the molecule is CN=C(NCCNC(=O)c1ccccc1Cl)N1CCc2cc(OC)c(OC)cc2C1.I. The molecule has 0 saturated carbocycles. The first-order chi connectivity index (χ1) is 14.6. The molecule has 0 saturated heterocycles. The summed E-state index contributed by atoms with van der Waals surface area (Å²) in [6, 6.07) is 11.1. The molecule has 1 amide bonds. The van der Waals surface area contributed by atoms with Crippen molar-refractivity contribution in [1.29, 1.82) is 0 Å². The molecule has 2 aromatic rings. The van der Waals surface area contributed by atoms with E-state index in [0.29, 0.717) is 23.7 Å². The average Bonchev–Trinajstić information content (AvgIpc) is 2.78. The topological polar surface area (TPSA) is 75.2 Å². The van der Waals surface area contributed by atoms with Crippen LogP contribution in [0.2, 0.25) is 5.02 Å². The lowest BCUT2D eigenvalue weighted by atomic mass is 9.99. The molecule has 3 rings (SSSR count). The highest BCUT2D eigenvalue weighted by atomic mass is 127. The number of nitrogens with zero attached hydrogens (tertiary/aromatic N) is 2. The van der Waals surface area contributed by atoms with Crippen LogP contribution in [0, 0.1) is 0 Å². The fourth-order valence-corrected chi connectivity index (χ4v) is 3.71. The molecule has 1 aliphatic rings. The number of nitrogens with one attached hydrogen (secondary N) is 2. The number of aliphatic imine (C=N–C) groups is 1. The predicted molar refractivity (Wildman–Crippen MR) is 134 cm³/mol. The maximum atomic E-state index is 12.2. The van der Waals surface area contributed by atoms with Crippen LogP contribution in [-0.2, 0) is 13.0 Å². The van der Waals surface area contributed by atoms with Crippen molar-refractivity contribution >= 4 is 47.4 Å². The van der Waals surface area contributed by atoms with Crippen molar-refractivity contribution in [2.45, 2.75) is 13.0 Å². The van der Waals surface area contributed by atoms with Crippen molar-refractivity contribution in [2.24, 2.45) is 4.99 Å². The van der Waals surface area contributed by atoms with E-state index < -0.39 is 0 Å². The molecule has 2 N–H and O–H groups in total. The number of fused-ring (bicyclic) bond motifs is 1. The smallest absolute Gasteiger partial charge is 0.252 e. The molecule has 0 fully saturated rings. The minimum atomic E-state index is -0.190. The first-order valence-corrected chi connectivity index (χ1v) is 10.2. The number of rotatable bonds is 6. The van der Waals surface area contributed by atoms with Gasteiger partial charge in [0.05, 0.1) is 24.8 Å². The Balaban J connectivity index is 0.00000341. The van der Waals surface area contributed by atoms with Crippen LogP contribution in [0.3, 0.4) is 0 Å². The second kappa shape index (κ2) is 12.0. The van der Waals surface area contributed by atoms with E-state index in [-0.39, 0.29) is 29.9 Å². The fraction of sp³-hybridized carbons (Fsp3) is 0.364. The van der Waals surface area contributed by atoms with E-state index >= 15 is 0 Å². The Labute approximate surface area is 205 Å². The van der Waals surface area contributed by atoms with Crippen LogP contribution in [0.1, 0.15) is 21.5 Å². The van der Waals surface area contributed by atoms with Crippen LogP contribution in [0.4, 0.5) is 0 Å². The molecule has 9 heteroatoms. The second-order valence-corrected chi connectivity index (χ2v) is 7.26. The normalized spacial score (nSPS) is 13.0. The minimum absolute atomic E-state index is 0. The Morgan fingerprint density at radius 3 is 2.39 bits per heavy atom. The summed E-state index contributed by atoms with van der Waals surface area (Å²) >= 11 is 6.07. The number of methoxy groups -OCH3 is 2. The molecular weight excluding hydrogens is 531 g/mol. The van der Waals surface area contributed by atoms with Gasteiger partial charge in [-0.15, -0.1) is 24.0 Å². The van der Waals surface area contributed by atoms with Crippen LogP contribution in [0.15, 0.2) is 41.4 Å². The van der Waals surface area contributed by atoms with Crippen LogP contribution in [-0.4, -0.2) is 57.7 Å². The lowest BCUT2D eigenvalue weighted by molar-refractivity contribution is 0.0954. The highest BCUT2D eigenvalue weighted by Crippen LogP contribution is 2.33. The lowest BCUT2D eigenvalue weighted by Gasteiger charge is -2.32. The van der Waals surface area contributed by atoms with Gasteiger partial charge in [0.15, 0.2) is 17.5 Å². The van der Waals surface area contributed by atoms with Crippen molar-refractivity contribution < 1.29 is 14.3 Å². The van der Waals surface area contributed by atoms with Gasteiger partial charge in [-0.1, -0.05) is 23.7 Å². The number of guanidine groups is 1. The monoisotopic (exact) mass is 558 g/mol. The Morgan fingerprint density at radius 2 is 1.74 bits per heavy atom. The van der Waals surface area contributed by atoms with Gasteiger partial charge in [-0.3, -0.25) is 9.79 Å². The van der Waals surface area contributed by atoms with Crippen LogP contribution in [0.25, 0.3) is 0 Å². The highest BCUT2D eigenvalue weighted by Gasteiger charge is 2.21. The molecular formula is C22H28ClIN4O3. The zero-order valence-electron chi connectivity index (χ0n) is 17.9. The minimum Gasteiger partial charge on any atom is -0.493 e. The van der Waals surface area contributed by atoms with E-state index in [0.717, 1.165) is 37.0 Å². The van der Waals surface area contributed by atoms with Gasteiger partial charge in [0, 0.05) is 33.2 Å². The van der Waals surface area contributed by atoms with Gasteiger partial charge in [0.1, 0.15) is 0 Å². The first kappa shape index (κ1) is 25.1. The summed E-state index contributed by atoms with van der Waals surface area (Å²) in [5.74, 6) is 2.08. The van der Waals surface area contributed by atoms with Crippen molar-refractivity contribution in [1.82, 2.24) is 15.5 Å². The number of ether oxygens (including phenoxy) is 2. The maximum Gasteiger partial charge on any atom is 0.252 e. The summed E-state index contributed by atoms with van der Waals surface area (Å²) in [4.78, 5) is 18.8. The molecule has 2 aromatic carbocycles. The third-order valence-electron chi connectivity index (χ3n) is 5.04. The van der Waals surface area contributed by atoms with E-state index in [1.807, 2.05) is 12.1 Å². The molecule has 0 bridgehead atoms. The molecule has 7 nitrogen and oxygen atoms in total. The fourth-order valence-electron chi connectivity index (χ4n) is 3.49. The number of hydrogen-bond acceptors (Lipinski definition) is 4. The van der Waals surface area contributed by atoms with Crippen molar-refractivity contribution in [3.8, 4) is 11.5 Å². The number of amides is 1. The van der Waals surface area contributed by atoms with E-state index in [4.69, 9.17) is 21.1 Å². The van der Waals surface area contributed by atoms with Gasteiger partial charge in [-0.2, -0.15) is 0 Å². The molecule has 0 atom stereocenters. The summed E-state index contributed by atoms with van der Waals surface area (Å²) in [5.41, 5.74) is 2.92. The largest absolute Gasteiger partial charge is 0.493 e. The third kappa shape index (κ3) is 6.16. The summed E-state index contributed by atoms with van der Waals surface area (Å²) in [5, 5.41) is 6.63. The molecule has 0 radical (unpaired) electrons. The molecule has 0 spiro atoms. The Kier molecular flexibility index (Phi) is 9.70. The average molecular weight is 559 g/mol. The molecule has 0 aromatic heterocycles. The van der Waals surface area contributed by atoms with E-state index in [2.05, 4.69) is 20.5 Å². The van der Waals surface area contributed by atoms with E-state index in [9.17, 15) is 4.79 Å². The maximum absolute atomic E-state index is 12.2. The molecule has 168 valence electrons. The first-order valence-electron chi connectivity index (χ1n) is 9.79. The van der Waals surface area contributed by atoms with Crippen LogP contribution < -0.4 is 20.1 Å². The summed E-state index contributed by atoms with van der Waals surface area (Å²) in [7, 11) is 5.05. The standard InChI is InChI=1S/C22H27ClN4O3.HI/c1-24-22(26-10-9-25-21(28)17-6-4-5-7-18(17)23)27-11-8-15-12-19(29-2)20(30-3)13-16(15)14-27;/h4-7,12-13H,8-11,14H2,1-3H3,(H,24,26)(H,25,28);1H. The van der Waals surface area contributed by atoms with Gasteiger partial charge in [0.2, 0.25) is 0 Å². The van der Waals surface area contributed by atoms with Crippen LogP contribution >= 0.6 is 35.6 Å². The van der Waals surface area contributed by atoms with Crippen molar-refractivity contribution in [3.63, 3.8) is 0 Å².